The van der Waals surface area contributed by atoms with E-state index in [1.165, 1.54) is 186 Å². The number of unbranched alkanes of at least 4 members (excludes halogenated alkanes) is 33. The van der Waals surface area contributed by atoms with Crippen LogP contribution in [-0.2, 0) is 23.8 Å². The van der Waals surface area contributed by atoms with Crippen LogP contribution in [0, 0.1) is 0 Å². The van der Waals surface area contributed by atoms with E-state index in [9.17, 15) is 9.59 Å². The second-order valence-electron chi connectivity index (χ2n) is 18.8. The first kappa shape index (κ1) is 61.9. The van der Waals surface area contributed by atoms with Gasteiger partial charge in [-0.2, -0.15) is 0 Å². The van der Waals surface area contributed by atoms with Crippen LogP contribution < -0.4 is 0 Å². The van der Waals surface area contributed by atoms with Gasteiger partial charge in [-0.3, -0.25) is 9.59 Å². The summed E-state index contributed by atoms with van der Waals surface area (Å²) in [6.07, 6.45) is 68.5. The van der Waals surface area contributed by atoms with Gasteiger partial charge >= 0.3 is 11.9 Å². The quantitative estimate of drug-likeness (QED) is 0.0346. The smallest absolute Gasteiger partial charge is 0.306 e. The maximum atomic E-state index is 12.8. The normalized spacial score (nSPS) is 12.5. The van der Waals surface area contributed by atoms with Crippen molar-refractivity contribution in [1.82, 2.24) is 0 Å². The maximum absolute atomic E-state index is 12.8. The average molecular weight is 898 g/mol. The summed E-state index contributed by atoms with van der Waals surface area (Å²) >= 11 is 0. The molecule has 0 heterocycles. The lowest BCUT2D eigenvalue weighted by molar-refractivity contribution is -0.163. The summed E-state index contributed by atoms with van der Waals surface area (Å²) in [6.45, 7) is 7.73. The molecular weight excluding hydrogens is 789 g/mol. The van der Waals surface area contributed by atoms with Crippen molar-refractivity contribution >= 4 is 11.9 Å². The Labute approximate surface area is 399 Å². The molecule has 5 heteroatoms. The van der Waals surface area contributed by atoms with Crippen molar-refractivity contribution in [3.8, 4) is 0 Å². The Bertz CT molecular complexity index is 1060. The SMILES string of the molecule is CC/C=C\C/C=C\C/C=C\C/C=C\CCCCC(=O)OCC(COCCCCCCCCCCCCCCCCCCCC)OC(=O)CCCCCCCCCCCCCCCCC. The molecule has 1 atom stereocenters. The molecule has 5 nitrogen and oxygen atoms in total. The van der Waals surface area contributed by atoms with Crippen molar-refractivity contribution < 1.29 is 23.8 Å². The number of hydrogen-bond acceptors (Lipinski definition) is 5. The first-order valence-electron chi connectivity index (χ1n) is 28.2. The third kappa shape index (κ3) is 52.5. The van der Waals surface area contributed by atoms with E-state index in [-0.39, 0.29) is 25.2 Å². The lowest BCUT2D eigenvalue weighted by atomic mass is 10.0. The Morgan fingerprint density at radius 1 is 0.359 bits per heavy atom. The Morgan fingerprint density at radius 3 is 1.12 bits per heavy atom. The minimum atomic E-state index is -0.548. The van der Waals surface area contributed by atoms with Crippen molar-refractivity contribution in [3.63, 3.8) is 0 Å². The minimum absolute atomic E-state index is 0.0689. The molecule has 64 heavy (non-hydrogen) atoms. The lowest BCUT2D eigenvalue weighted by Gasteiger charge is -2.18. The van der Waals surface area contributed by atoms with Crippen LogP contribution in [0.25, 0.3) is 0 Å². The van der Waals surface area contributed by atoms with E-state index in [2.05, 4.69) is 69.4 Å². The van der Waals surface area contributed by atoms with Gasteiger partial charge in [0.2, 0.25) is 0 Å². The fourth-order valence-electron chi connectivity index (χ4n) is 8.21. The predicted octanol–water partition coefficient (Wildman–Crippen LogP) is 19.1. The molecule has 0 saturated carbocycles. The molecule has 374 valence electrons. The average Bonchev–Trinajstić information content (AvgIpc) is 3.30. The summed E-state index contributed by atoms with van der Waals surface area (Å²) in [7, 11) is 0. The van der Waals surface area contributed by atoms with Gasteiger partial charge in [0, 0.05) is 19.4 Å². The summed E-state index contributed by atoms with van der Waals surface area (Å²) in [5.74, 6) is -0.428. The highest BCUT2D eigenvalue weighted by Gasteiger charge is 2.17. The Hall–Kier alpha value is -2.14. The molecule has 1 unspecified atom stereocenters. The number of ether oxygens (including phenoxy) is 3. The first-order chi connectivity index (χ1) is 31.6. The highest BCUT2D eigenvalue weighted by Crippen LogP contribution is 2.16. The zero-order valence-electron chi connectivity index (χ0n) is 43.1. The molecule has 0 aliphatic carbocycles. The van der Waals surface area contributed by atoms with Crippen LogP contribution in [0.2, 0.25) is 0 Å². The van der Waals surface area contributed by atoms with Crippen molar-refractivity contribution in [2.24, 2.45) is 0 Å². The van der Waals surface area contributed by atoms with Crippen LogP contribution in [0.5, 0.6) is 0 Å². The zero-order valence-corrected chi connectivity index (χ0v) is 43.1. The lowest BCUT2D eigenvalue weighted by Crippen LogP contribution is -2.30. The van der Waals surface area contributed by atoms with E-state index >= 15 is 0 Å². The van der Waals surface area contributed by atoms with Gasteiger partial charge in [-0.05, 0) is 57.8 Å². The number of rotatable bonds is 52. The van der Waals surface area contributed by atoms with Gasteiger partial charge in [0.25, 0.3) is 0 Å². The number of carbonyl (C=O) groups excluding carboxylic acids is 2. The molecule has 0 radical (unpaired) electrons. The van der Waals surface area contributed by atoms with E-state index < -0.39 is 6.10 Å². The molecular formula is C59H108O5. The standard InChI is InChI=1S/C59H108O5/c1-4-7-10-13-16-19-22-25-28-29-30-33-36-39-42-45-48-51-54-62-55-57(64-59(61)53-50-47-44-41-38-35-32-27-24-21-18-15-12-9-6-3)56-63-58(60)52-49-46-43-40-37-34-31-26-23-20-17-14-11-8-5-2/h8,11,17,20,26,31,37,40,57H,4-7,9-10,12-16,18-19,21-25,27-30,32-36,38-39,41-56H2,1-3H3/b11-8-,20-17-,31-26-,40-37-. The number of allylic oxidation sites excluding steroid dienone is 8. The highest BCUT2D eigenvalue weighted by molar-refractivity contribution is 5.70. The van der Waals surface area contributed by atoms with E-state index in [0.717, 1.165) is 70.6 Å². The van der Waals surface area contributed by atoms with Gasteiger partial charge in [-0.25, -0.2) is 0 Å². The third-order valence-corrected chi connectivity index (χ3v) is 12.4. The van der Waals surface area contributed by atoms with Crippen LogP contribution in [0.4, 0.5) is 0 Å². The summed E-state index contributed by atoms with van der Waals surface area (Å²) in [6, 6.07) is 0. The monoisotopic (exact) mass is 897 g/mol. The Balaban J connectivity index is 4.27. The Kier molecular flexibility index (Phi) is 53.3. The summed E-state index contributed by atoms with van der Waals surface area (Å²) < 4.78 is 17.4. The van der Waals surface area contributed by atoms with Crippen LogP contribution in [0.1, 0.15) is 290 Å². The minimum Gasteiger partial charge on any atom is -0.462 e. The van der Waals surface area contributed by atoms with E-state index in [1.807, 2.05) is 0 Å². The molecule has 0 fully saturated rings. The van der Waals surface area contributed by atoms with E-state index in [4.69, 9.17) is 14.2 Å². The van der Waals surface area contributed by atoms with Gasteiger partial charge in [-0.15, -0.1) is 0 Å². The summed E-state index contributed by atoms with van der Waals surface area (Å²) in [5.41, 5.74) is 0. The molecule has 0 bridgehead atoms. The first-order valence-corrected chi connectivity index (χ1v) is 28.2. The van der Waals surface area contributed by atoms with Crippen molar-refractivity contribution in [1.29, 1.82) is 0 Å². The molecule has 0 N–H and O–H groups in total. The van der Waals surface area contributed by atoms with Crippen LogP contribution in [0.15, 0.2) is 48.6 Å². The zero-order chi connectivity index (χ0) is 46.3. The second-order valence-corrected chi connectivity index (χ2v) is 18.8. The maximum Gasteiger partial charge on any atom is 0.306 e. The van der Waals surface area contributed by atoms with Gasteiger partial charge in [-0.1, -0.05) is 268 Å². The molecule has 0 saturated heterocycles. The molecule has 0 rings (SSSR count). The van der Waals surface area contributed by atoms with Crippen molar-refractivity contribution in [3.05, 3.63) is 48.6 Å². The van der Waals surface area contributed by atoms with Gasteiger partial charge in [0.15, 0.2) is 6.10 Å². The molecule has 0 aliphatic rings. The Morgan fingerprint density at radius 2 is 0.703 bits per heavy atom. The molecule has 0 aromatic carbocycles. The number of esters is 2. The fourth-order valence-corrected chi connectivity index (χ4v) is 8.21. The second kappa shape index (κ2) is 55.2. The highest BCUT2D eigenvalue weighted by atomic mass is 16.6. The van der Waals surface area contributed by atoms with E-state index in [1.54, 1.807) is 0 Å². The van der Waals surface area contributed by atoms with Gasteiger partial charge < -0.3 is 14.2 Å². The topological polar surface area (TPSA) is 61.8 Å². The summed E-state index contributed by atoms with van der Waals surface area (Å²) in [5, 5.41) is 0. The molecule has 0 aromatic heterocycles. The van der Waals surface area contributed by atoms with Crippen LogP contribution in [0.3, 0.4) is 0 Å². The number of hydrogen-bond donors (Lipinski definition) is 0. The van der Waals surface area contributed by atoms with Gasteiger partial charge in [0.05, 0.1) is 6.61 Å². The van der Waals surface area contributed by atoms with Gasteiger partial charge in [0.1, 0.15) is 6.61 Å². The molecule has 0 spiro atoms. The molecule has 0 amide bonds. The van der Waals surface area contributed by atoms with Crippen molar-refractivity contribution in [2.45, 2.75) is 297 Å². The van der Waals surface area contributed by atoms with Crippen LogP contribution in [-0.4, -0.2) is 37.9 Å². The summed E-state index contributed by atoms with van der Waals surface area (Å²) in [4.78, 5) is 25.4. The van der Waals surface area contributed by atoms with Crippen molar-refractivity contribution in [2.75, 3.05) is 19.8 Å². The van der Waals surface area contributed by atoms with Crippen LogP contribution >= 0.6 is 0 Å². The predicted molar refractivity (Wildman–Crippen MR) is 279 cm³/mol. The fraction of sp³-hybridized carbons (Fsp3) is 0.831. The van der Waals surface area contributed by atoms with E-state index in [0.29, 0.717) is 19.4 Å². The number of carbonyl (C=O) groups is 2. The molecule has 0 aromatic rings. The molecule has 0 aliphatic heterocycles. The third-order valence-electron chi connectivity index (χ3n) is 12.4. The largest absolute Gasteiger partial charge is 0.462 e.